The van der Waals surface area contributed by atoms with Crippen LogP contribution in [0.3, 0.4) is 0 Å². The van der Waals surface area contributed by atoms with E-state index in [0.717, 1.165) is 0 Å². The Morgan fingerprint density at radius 2 is 1.67 bits per heavy atom. The van der Waals surface area contributed by atoms with Crippen molar-refractivity contribution in [3.05, 3.63) is 47.0 Å². The standard InChI is InChI=1S/C13H8O5/c14-6-8-2-4-10(13(17)18)11-5-7(12(15)16)1-3-9(8)11/h1-6H,(H,15,16)(H,17,18). The van der Waals surface area contributed by atoms with Crippen LogP contribution >= 0.6 is 0 Å². The molecule has 0 atom stereocenters. The molecule has 2 aromatic rings. The molecule has 0 amide bonds. The van der Waals surface area contributed by atoms with Gasteiger partial charge in [-0.25, -0.2) is 9.59 Å². The normalized spacial score (nSPS) is 10.2. The lowest BCUT2D eigenvalue weighted by atomic mass is 9.98. The molecule has 0 fully saturated rings. The van der Waals surface area contributed by atoms with Crippen molar-refractivity contribution in [2.24, 2.45) is 0 Å². The van der Waals surface area contributed by atoms with Crippen molar-refractivity contribution >= 4 is 29.0 Å². The van der Waals surface area contributed by atoms with Crippen LogP contribution in [0.25, 0.3) is 10.8 Å². The third-order valence-electron chi connectivity index (χ3n) is 2.65. The van der Waals surface area contributed by atoms with Gasteiger partial charge in [-0.3, -0.25) is 4.79 Å². The van der Waals surface area contributed by atoms with E-state index in [-0.39, 0.29) is 16.5 Å². The second kappa shape index (κ2) is 4.29. The summed E-state index contributed by atoms with van der Waals surface area (Å²) in [6, 6.07) is 6.73. The van der Waals surface area contributed by atoms with Crippen LogP contribution in [0.1, 0.15) is 31.1 Å². The molecular weight excluding hydrogens is 236 g/mol. The van der Waals surface area contributed by atoms with E-state index in [1.807, 2.05) is 0 Å². The molecule has 0 saturated heterocycles. The van der Waals surface area contributed by atoms with E-state index in [9.17, 15) is 14.4 Å². The summed E-state index contributed by atoms with van der Waals surface area (Å²) in [4.78, 5) is 32.8. The number of carbonyl (C=O) groups is 3. The molecule has 0 aliphatic rings. The third kappa shape index (κ3) is 1.82. The summed E-state index contributed by atoms with van der Waals surface area (Å²) in [7, 11) is 0. The van der Waals surface area contributed by atoms with E-state index in [1.165, 1.54) is 30.3 Å². The maximum Gasteiger partial charge on any atom is 0.336 e. The Kier molecular flexibility index (Phi) is 2.81. The van der Waals surface area contributed by atoms with Crippen molar-refractivity contribution in [2.75, 3.05) is 0 Å². The maximum absolute atomic E-state index is 11.1. The smallest absolute Gasteiger partial charge is 0.336 e. The van der Waals surface area contributed by atoms with Gasteiger partial charge in [-0.05, 0) is 29.0 Å². The molecule has 0 heterocycles. The van der Waals surface area contributed by atoms with E-state index in [1.54, 1.807) is 0 Å². The van der Waals surface area contributed by atoms with Crippen LogP contribution in [0.4, 0.5) is 0 Å². The molecule has 0 bridgehead atoms. The van der Waals surface area contributed by atoms with Gasteiger partial charge in [-0.15, -0.1) is 0 Å². The minimum atomic E-state index is -1.17. The third-order valence-corrected chi connectivity index (χ3v) is 2.65. The highest BCUT2D eigenvalue weighted by Gasteiger charge is 2.13. The SMILES string of the molecule is O=Cc1ccc(C(=O)O)c2cc(C(=O)O)ccc12. The first-order valence-electron chi connectivity index (χ1n) is 5.03. The number of carboxylic acids is 2. The van der Waals surface area contributed by atoms with Crippen molar-refractivity contribution in [3.8, 4) is 0 Å². The predicted octanol–water partition coefficient (Wildman–Crippen LogP) is 2.05. The monoisotopic (exact) mass is 244 g/mol. The van der Waals surface area contributed by atoms with Gasteiger partial charge < -0.3 is 10.2 Å². The van der Waals surface area contributed by atoms with Gasteiger partial charge in [0.05, 0.1) is 11.1 Å². The zero-order chi connectivity index (χ0) is 13.3. The molecule has 0 radical (unpaired) electrons. The lowest BCUT2D eigenvalue weighted by molar-refractivity contribution is 0.0685. The summed E-state index contributed by atoms with van der Waals surface area (Å²) in [6.07, 6.45) is 0.606. The zero-order valence-electron chi connectivity index (χ0n) is 9.08. The van der Waals surface area contributed by atoms with Crippen LogP contribution in [0, 0.1) is 0 Å². The summed E-state index contributed by atoms with van der Waals surface area (Å²) >= 11 is 0. The van der Waals surface area contributed by atoms with Gasteiger partial charge in [0.1, 0.15) is 0 Å². The molecule has 0 unspecified atom stereocenters. The number of hydrogen-bond acceptors (Lipinski definition) is 3. The number of rotatable bonds is 3. The molecule has 0 aliphatic carbocycles. The fraction of sp³-hybridized carbons (Fsp3) is 0. The molecule has 0 aliphatic heterocycles. The van der Waals surface area contributed by atoms with Gasteiger partial charge in [0.15, 0.2) is 6.29 Å². The molecule has 5 nitrogen and oxygen atoms in total. The first kappa shape index (κ1) is 11.8. The van der Waals surface area contributed by atoms with Crippen molar-refractivity contribution in [1.82, 2.24) is 0 Å². The Balaban J connectivity index is 2.87. The molecule has 90 valence electrons. The second-order valence-corrected chi connectivity index (χ2v) is 3.69. The Labute approximate surface area is 101 Å². The predicted molar refractivity (Wildman–Crippen MR) is 63.3 cm³/mol. The van der Waals surface area contributed by atoms with Crippen LogP contribution < -0.4 is 0 Å². The molecule has 0 saturated carbocycles. The van der Waals surface area contributed by atoms with E-state index in [2.05, 4.69) is 0 Å². The minimum Gasteiger partial charge on any atom is -0.478 e. The van der Waals surface area contributed by atoms with E-state index in [4.69, 9.17) is 10.2 Å². The van der Waals surface area contributed by atoms with Crippen molar-refractivity contribution in [3.63, 3.8) is 0 Å². The number of carboxylic acid groups (broad SMARTS) is 2. The van der Waals surface area contributed by atoms with Gasteiger partial charge in [0, 0.05) is 5.56 Å². The number of aldehydes is 1. The van der Waals surface area contributed by atoms with E-state index < -0.39 is 11.9 Å². The highest BCUT2D eigenvalue weighted by molar-refractivity contribution is 6.10. The van der Waals surface area contributed by atoms with Crippen LogP contribution in [0.15, 0.2) is 30.3 Å². The highest BCUT2D eigenvalue weighted by atomic mass is 16.4. The summed E-state index contributed by atoms with van der Waals surface area (Å²) < 4.78 is 0. The first-order chi connectivity index (χ1) is 8.54. The van der Waals surface area contributed by atoms with Crippen LogP contribution in [-0.2, 0) is 0 Å². The van der Waals surface area contributed by atoms with Gasteiger partial charge in [-0.1, -0.05) is 12.1 Å². The number of aromatic carboxylic acids is 2. The Morgan fingerprint density at radius 3 is 2.22 bits per heavy atom. The van der Waals surface area contributed by atoms with Crippen LogP contribution in [0.5, 0.6) is 0 Å². The molecule has 0 aromatic heterocycles. The minimum absolute atomic E-state index is 0.0203. The maximum atomic E-state index is 11.1. The lowest BCUT2D eigenvalue weighted by Crippen LogP contribution is -2.01. The summed E-state index contributed by atoms with van der Waals surface area (Å²) in [5.41, 5.74) is 0.277. The zero-order valence-corrected chi connectivity index (χ0v) is 9.08. The largest absolute Gasteiger partial charge is 0.478 e. The fourth-order valence-electron chi connectivity index (χ4n) is 1.79. The lowest BCUT2D eigenvalue weighted by Gasteiger charge is -2.06. The molecule has 0 spiro atoms. The Hall–Kier alpha value is -2.69. The molecule has 2 aromatic carbocycles. The van der Waals surface area contributed by atoms with Crippen molar-refractivity contribution < 1.29 is 24.6 Å². The summed E-state index contributed by atoms with van der Waals surface area (Å²) in [6.45, 7) is 0. The quantitative estimate of drug-likeness (QED) is 0.806. The second-order valence-electron chi connectivity index (χ2n) is 3.69. The van der Waals surface area contributed by atoms with Gasteiger partial charge in [-0.2, -0.15) is 0 Å². The Bertz CT molecular complexity index is 672. The van der Waals surface area contributed by atoms with Gasteiger partial charge in [0.25, 0.3) is 0 Å². The fourth-order valence-corrected chi connectivity index (χ4v) is 1.79. The topological polar surface area (TPSA) is 91.7 Å². The molecule has 2 rings (SSSR count). The van der Waals surface area contributed by atoms with E-state index >= 15 is 0 Å². The summed E-state index contributed by atoms with van der Waals surface area (Å²) in [5, 5.41) is 18.6. The number of hydrogen-bond donors (Lipinski definition) is 2. The average molecular weight is 244 g/mol. The van der Waals surface area contributed by atoms with Crippen molar-refractivity contribution in [1.29, 1.82) is 0 Å². The number of benzene rings is 2. The van der Waals surface area contributed by atoms with E-state index in [0.29, 0.717) is 17.2 Å². The summed E-state index contributed by atoms with van der Waals surface area (Å²) in [5.74, 6) is -2.32. The Morgan fingerprint density at radius 1 is 0.944 bits per heavy atom. The molecular formula is C13H8O5. The first-order valence-corrected chi connectivity index (χ1v) is 5.03. The van der Waals surface area contributed by atoms with Crippen LogP contribution in [0.2, 0.25) is 0 Å². The highest BCUT2D eigenvalue weighted by Crippen LogP contribution is 2.23. The number of carbonyl (C=O) groups excluding carboxylic acids is 1. The molecule has 2 N–H and O–H groups in total. The van der Waals surface area contributed by atoms with Crippen LogP contribution in [-0.4, -0.2) is 28.4 Å². The molecule has 18 heavy (non-hydrogen) atoms. The van der Waals surface area contributed by atoms with Crippen molar-refractivity contribution in [2.45, 2.75) is 0 Å². The average Bonchev–Trinajstić information content (AvgIpc) is 2.36. The van der Waals surface area contributed by atoms with Gasteiger partial charge in [0.2, 0.25) is 0 Å². The number of fused-ring (bicyclic) bond motifs is 1. The molecule has 5 heteroatoms. The van der Waals surface area contributed by atoms with Gasteiger partial charge >= 0.3 is 11.9 Å².